The summed E-state index contributed by atoms with van der Waals surface area (Å²) in [6, 6.07) is 3.38. The second kappa shape index (κ2) is 6.67. The van der Waals surface area contributed by atoms with Crippen molar-refractivity contribution in [2.45, 2.75) is 38.8 Å². The van der Waals surface area contributed by atoms with Gasteiger partial charge in [0.25, 0.3) is 0 Å². The predicted molar refractivity (Wildman–Crippen MR) is 63.7 cm³/mol. The van der Waals surface area contributed by atoms with Crippen molar-refractivity contribution in [3.63, 3.8) is 0 Å². The number of rotatable bonds is 6. The van der Waals surface area contributed by atoms with Crippen LogP contribution in [0.3, 0.4) is 0 Å². The van der Waals surface area contributed by atoms with Crippen LogP contribution in [0.4, 0.5) is 8.78 Å². The van der Waals surface area contributed by atoms with Crippen LogP contribution in [0.2, 0.25) is 0 Å². The molecular formula is C13H19F2NO. The topological polar surface area (TPSA) is 32.3 Å². The largest absolute Gasteiger partial charge is 0.393 e. The number of hydrogen-bond donors (Lipinski definition) is 2. The van der Waals surface area contributed by atoms with E-state index in [9.17, 15) is 13.9 Å². The predicted octanol–water partition coefficient (Wildman–Crippen LogP) is 2.78. The van der Waals surface area contributed by atoms with E-state index in [1.807, 2.05) is 13.8 Å². The molecule has 0 saturated carbocycles. The standard InChI is InChI=1S/C13H19F2NO/c1-3-11(17)6-7-16-9(2)12-5-4-10(14)8-13(12)15/h4-5,8-9,11,16-17H,3,6-7H2,1-2H3. The minimum Gasteiger partial charge on any atom is -0.393 e. The highest BCUT2D eigenvalue weighted by Gasteiger charge is 2.11. The summed E-state index contributed by atoms with van der Waals surface area (Å²) in [5.74, 6) is -1.11. The summed E-state index contributed by atoms with van der Waals surface area (Å²) < 4.78 is 26.1. The van der Waals surface area contributed by atoms with Crippen LogP contribution in [0.15, 0.2) is 18.2 Å². The Labute approximate surface area is 101 Å². The molecule has 2 nitrogen and oxygen atoms in total. The normalized spacial score (nSPS) is 14.6. The van der Waals surface area contributed by atoms with E-state index in [2.05, 4.69) is 5.32 Å². The number of benzene rings is 1. The highest BCUT2D eigenvalue weighted by molar-refractivity contribution is 5.21. The minimum atomic E-state index is -0.570. The van der Waals surface area contributed by atoms with Gasteiger partial charge in [0.1, 0.15) is 11.6 Å². The van der Waals surface area contributed by atoms with E-state index in [4.69, 9.17) is 0 Å². The minimum absolute atomic E-state index is 0.195. The molecule has 0 saturated heterocycles. The van der Waals surface area contributed by atoms with Gasteiger partial charge >= 0.3 is 0 Å². The van der Waals surface area contributed by atoms with E-state index in [-0.39, 0.29) is 12.1 Å². The van der Waals surface area contributed by atoms with Crippen molar-refractivity contribution >= 4 is 0 Å². The number of aliphatic hydroxyl groups is 1. The van der Waals surface area contributed by atoms with Crippen molar-refractivity contribution in [3.05, 3.63) is 35.4 Å². The maximum absolute atomic E-state index is 13.4. The Morgan fingerprint density at radius 3 is 2.65 bits per heavy atom. The molecule has 1 rings (SSSR count). The maximum atomic E-state index is 13.4. The molecule has 2 N–H and O–H groups in total. The molecule has 0 heterocycles. The van der Waals surface area contributed by atoms with Crippen LogP contribution in [-0.2, 0) is 0 Å². The zero-order valence-electron chi connectivity index (χ0n) is 10.2. The Bertz CT molecular complexity index is 357. The average molecular weight is 243 g/mol. The van der Waals surface area contributed by atoms with Gasteiger partial charge in [-0.1, -0.05) is 13.0 Å². The summed E-state index contributed by atoms with van der Waals surface area (Å²) in [7, 11) is 0. The molecule has 1 aromatic rings. The Balaban J connectivity index is 2.49. The molecule has 0 radical (unpaired) electrons. The van der Waals surface area contributed by atoms with Crippen molar-refractivity contribution in [1.82, 2.24) is 5.32 Å². The fraction of sp³-hybridized carbons (Fsp3) is 0.538. The zero-order chi connectivity index (χ0) is 12.8. The van der Waals surface area contributed by atoms with Crippen molar-refractivity contribution < 1.29 is 13.9 Å². The van der Waals surface area contributed by atoms with Gasteiger partial charge in [-0.2, -0.15) is 0 Å². The molecule has 1 aromatic carbocycles. The zero-order valence-corrected chi connectivity index (χ0v) is 10.2. The summed E-state index contributed by atoms with van der Waals surface area (Å²) in [6.45, 7) is 4.33. The fourth-order valence-electron chi connectivity index (χ4n) is 1.63. The first-order chi connectivity index (χ1) is 8.04. The number of halogens is 2. The first-order valence-electron chi connectivity index (χ1n) is 5.91. The summed E-state index contributed by atoms with van der Waals surface area (Å²) in [6.07, 6.45) is 1.01. The third-order valence-corrected chi connectivity index (χ3v) is 2.83. The van der Waals surface area contributed by atoms with E-state index in [0.717, 1.165) is 6.07 Å². The fourth-order valence-corrected chi connectivity index (χ4v) is 1.63. The van der Waals surface area contributed by atoms with Gasteiger partial charge in [0.05, 0.1) is 6.10 Å². The van der Waals surface area contributed by atoms with Gasteiger partial charge in [-0.25, -0.2) is 8.78 Å². The van der Waals surface area contributed by atoms with Crippen LogP contribution in [0, 0.1) is 11.6 Å². The van der Waals surface area contributed by atoms with Gasteiger partial charge in [0.15, 0.2) is 0 Å². The number of hydrogen-bond acceptors (Lipinski definition) is 2. The molecule has 0 aromatic heterocycles. The van der Waals surface area contributed by atoms with Gasteiger partial charge in [0.2, 0.25) is 0 Å². The van der Waals surface area contributed by atoms with Crippen molar-refractivity contribution in [3.8, 4) is 0 Å². The highest BCUT2D eigenvalue weighted by atomic mass is 19.1. The van der Waals surface area contributed by atoms with E-state index in [0.29, 0.717) is 24.9 Å². The van der Waals surface area contributed by atoms with Gasteiger partial charge in [-0.05, 0) is 32.4 Å². The third-order valence-electron chi connectivity index (χ3n) is 2.83. The van der Waals surface area contributed by atoms with E-state index in [1.165, 1.54) is 12.1 Å². The number of nitrogens with one attached hydrogen (secondary N) is 1. The third kappa shape index (κ3) is 4.40. The maximum Gasteiger partial charge on any atom is 0.130 e. The lowest BCUT2D eigenvalue weighted by molar-refractivity contribution is 0.158. The van der Waals surface area contributed by atoms with Crippen LogP contribution in [0.25, 0.3) is 0 Å². The summed E-state index contributed by atoms with van der Waals surface area (Å²) >= 11 is 0. The molecule has 96 valence electrons. The van der Waals surface area contributed by atoms with Crippen LogP contribution >= 0.6 is 0 Å². The Kier molecular flexibility index (Phi) is 5.51. The lowest BCUT2D eigenvalue weighted by Crippen LogP contribution is -2.24. The Morgan fingerprint density at radius 2 is 2.06 bits per heavy atom. The molecule has 0 fully saturated rings. The summed E-state index contributed by atoms with van der Waals surface area (Å²) in [5, 5.41) is 12.5. The SMILES string of the molecule is CCC(O)CCNC(C)c1ccc(F)cc1F. The molecule has 4 heteroatoms. The molecule has 17 heavy (non-hydrogen) atoms. The van der Waals surface area contributed by atoms with Crippen LogP contribution in [0.1, 0.15) is 38.3 Å². The molecule has 0 bridgehead atoms. The van der Waals surface area contributed by atoms with Crippen LogP contribution in [0.5, 0.6) is 0 Å². The smallest absolute Gasteiger partial charge is 0.130 e. The van der Waals surface area contributed by atoms with Crippen molar-refractivity contribution in [2.24, 2.45) is 0 Å². The molecule has 2 atom stereocenters. The van der Waals surface area contributed by atoms with Gasteiger partial charge in [-0.15, -0.1) is 0 Å². The second-order valence-electron chi connectivity index (χ2n) is 4.19. The van der Waals surface area contributed by atoms with Gasteiger partial charge < -0.3 is 10.4 Å². The van der Waals surface area contributed by atoms with E-state index in [1.54, 1.807) is 0 Å². The molecule has 2 unspecified atom stereocenters. The quantitative estimate of drug-likeness (QED) is 0.805. The Hall–Kier alpha value is -1.00. The first-order valence-corrected chi connectivity index (χ1v) is 5.91. The van der Waals surface area contributed by atoms with Crippen LogP contribution < -0.4 is 5.32 Å². The summed E-state index contributed by atoms with van der Waals surface area (Å²) in [5.41, 5.74) is 0.442. The van der Waals surface area contributed by atoms with Crippen LogP contribution in [-0.4, -0.2) is 17.8 Å². The summed E-state index contributed by atoms with van der Waals surface area (Å²) in [4.78, 5) is 0. The second-order valence-corrected chi connectivity index (χ2v) is 4.19. The molecule has 0 amide bonds. The molecule has 0 aliphatic carbocycles. The Morgan fingerprint density at radius 1 is 1.35 bits per heavy atom. The van der Waals surface area contributed by atoms with Crippen molar-refractivity contribution in [1.29, 1.82) is 0 Å². The van der Waals surface area contributed by atoms with Crippen molar-refractivity contribution in [2.75, 3.05) is 6.54 Å². The highest BCUT2D eigenvalue weighted by Crippen LogP contribution is 2.17. The molecular weight excluding hydrogens is 224 g/mol. The number of aliphatic hydroxyl groups excluding tert-OH is 1. The average Bonchev–Trinajstić information content (AvgIpc) is 2.28. The van der Waals surface area contributed by atoms with Gasteiger partial charge in [-0.3, -0.25) is 0 Å². The lowest BCUT2D eigenvalue weighted by Gasteiger charge is -2.16. The van der Waals surface area contributed by atoms with Gasteiger partial charge in [0, 0.05) is 17.7 Å². The molecule has 0 spiro atoms. The first kappa shape index (κ1) is 14.1. The monoisotopic (exact) mass is 243 g/mol. The molecule has 0 aliphatic rings. The van der Waals surface area contributed by atoms with E-state index >= 15 is 0 Å². The van der Waals surface area contributed by atoms with E-state index < -0.39 is 11.6 Å². The molecule has 0 aliphatic heterocycles. The lowest BCUT2D eigenvalue weighted by atomic mass is 10.1.